The zero-order valence-corrected chi connectivity index (χ0v) is 39.8. The summed E-state index contributed by atoms with van der Waals surface area (Å²) in [5.41, 5.74) is 0. The maximum Gasteiger partial charge on any atom is 0.306 e. The standard InChI is InChI=1S/C50H88NO8P/c1-6-8-10-12-14-16-18-20-22-24-25-27-28-30-32-34-36-38-40-42-49(52)56-46-48(47-58-60(54,55)57-45-44-51(3,4)5)59-50(53)43-41-39-37-35-33-31-29-26-23-21-19-17-15-13-11-9-7-2/h14-17,20-23,29,31,35,37,48H,6-13,18-19,24-28,30,32-34,36,38-47H2,1-5H3/b16-14-,17-15-,22-20-,23-21-,31-29-,37-35-/t48-/m1/s1. The second-order valence-corrected chi connectivity index (χ2v) is 18.2. The second kappa shape index (κ2) is 41.8. The first kappa shape index (κ1) is 57.4. The van der Waals surface area contributed by atoms with Crippen molar-refractivity contribution >= 4 is 19.8 Å². The van der Waals surface area contributed by atoms with Crippen molar-refractivity contribution in [3.8, 4) is 0 Å². The number of phosphoric acid groups is 1. The van der Waals surface area contributed by atoms with Gasteiger partial charge in [0.1, 0.15) is 19.8 Å². The van der Waals surface area contributed by atoms with Crippen LogP contribution >= 0.6 is 7.82 Å². The summed E-state index contributed by atoms with van der Waals surface area (Å²) in [6, 6.07) is 0. The Bertz CT molecular complexity index is 1250. The van der Waals surface area contributed by atoms with Crippen molar-refractivity contribution < 1.29 is 42.1 Å². The number of carbonyl (C=O) groups is 2. The Kier molecular flexibility index (Phi) is 40.0. The molecule has 0 aromatic carbocycles. The SMILES string of the molecule is CCCCC/C=C\C/C=C\C/C=C\C/C=C\CCCC(=O)O[C@H](COC(=O)CCCCCCCCCCC/C=C\C/C=C\CCCCC)COP(=O)([O-])OCC[N+](C)(C)C. The molecule has 0 saturated carbocycles. The Morgan fingerprint density at radius 2 is 0.917 bits per heavy atom. The Morgan fingerprint density at radius 3 is 1.38 bits per heavy atom. The van der Waals surface area contributed by atoms with Crippen LogP contribution in [-0.2, 0) is 32.7 Å². The van der Waals surface area contributed by atoms with E-state index < -0.39 is 32.5 Å². The van der Waals surface area contributed by atoms with Crippen molar-refractivity contribution in [2.24, 2.45) is 0 Å². The fourth-order valence-electron chi connectivity index (χ4n) is 5.97. The van der Waals surface area contributed by atoms with Gasteiger partial charge in [-0.15, -0.1) is 0 Å². The Labute approximate surface area is 368 Å². The molecule has 346 valence electrons. The molecule has 0 heterocycles. The average Bonchev–Trinajstić information content (AvgIpc) is 3.20. The third-order valence-electron chi connectivity index (χ3n) is 9.70. The molecule has 0 saturated heterocycles. The number of unbranched alkanes of at least 4 members (excludes halogenated alkanes) is 16. The molecule has 0 bridgehead atoms. The number of esters is 2. The number of hydrogen-bond donors (Lipinski definition) is 0. The van der Waals surface area contributed by atoms with Crippen LogP contribution in [0.4, 0.5) is 0 Å². The van der Waals surface area contributed by atoms with E-state index >= 15 is 0 Å². The molecule has 0 radical (unpaired) electrons. The third kappa shape index (κ3) is 45.0. The summed E-state index contributed by atoms with van der Waals surface area (Å²) >= 11 is 0. The lowest BCUT2D eigenvalue weighted by atomic mass is 10.1. The van der Waals surface area contributed by atoms with Crippen LogP contribution in [-0.4, -0.2) is 70.0 Å². The molecule has 0 rings (SSSR count). The lowest BCUT2D eigenvalue weighted by molar-refractivity contribution is -0.870. The zero-order chi connectivity index (χ0) is 44.3. The lowest BCUT2D eigenvalue weighted by Gasteiger charge is -2.28. The number of hydrogen-bond acceptors (Lipinski definition) is 8. The van der Waals surface area contributed by atoms with Gasteiger partial charge in [0.2, 0.25) is 0 Å². The van der Waals surface area contributed by atoms with E-state index in [4.69, 9.17) is 18.5 Å². The van der Waals surface area contributed by atoms with Gasteiger partial charge in [-0.3, -0.25) is 14.2 Å². The maximum absolute atomic E-state index is 12.7. The molecule has 60 heavy (non-hydrogen) atoms. The fourth-order valence-corrected chi connectivity index (χ4v) is 6.70. The number of quaternary nitrogens is 1. The highest BCUT2D eigenvalue weighted by molar-refractivity contribution is 7.45. The van der Waals surface area contributed by atoms with E-state index in [1.165, 1.54) is 83.5 Å². The molecule has 0 N–H and O–H groups in total. The van der Waals surface area contributed by atoms with Gasteiger partial charge >= 0.3 is 11.9 Å². The highest BCUT2D eigenvalue weighted by atomic mass is 31.2. The summed E-state index contributed by atoms with van der Waals surface area (Å²) in [5, 5.41) is 0. The molecule has 0 aliphatic carbocycles. The van der Waals surface area contributed by atoms with E-state index in [1.807, 2.05) is 27.2 Å². The van der Waals surface area contributed by atoms with Crippen LogP contribution in [0.15, 0.2) is 72.9 Å². The Balaban J connectivity index is 4.41. The van der Waals surface area contributed by atoms with Gasteiger partial charge in [0.15, 0.2) is 6.10 Å². The molecule has 2 atom stereocenters. The first-order valence-corrected chi connectivity index (χ1v) is 25.1. The zero-order valence-electron chi connectivity index (χ0n) is 38.9. The predicted molar refractivity (Wildman–Crippen MR) is 249 cm³/mol. The molecule has 0 amide bonds. The minimum Gasteiger partial charge on any atom is -0.756 e. The molecule has 0 aliphatic rings. The summed E-state index contributed by atoms with van der Waals surface area (Å²) in [5.74, 6) is -0.909. The van der Waals surface area contributed by atoms with Crippen LogP contribution in [0.3, 0.4) is 0 Å². The number of phosphoric ester groups is 1. The van der Waals surface area contributed by atoms with Crippen molar-refractivity contribution in [3.63, 3.8) is 0 Å². The van der Waals surface area contributed by atoms with Crippen LogP contribution in [0.5, 0.6) is 0 Å². The molecule has 0 fully saturated rings. The van der Waals surface area contributed by atoms with E-state index in [0.717, 1.165) is 51.4 Å². The maximum atomic E-state index is 12.7. The number of carbonyl (C=O) groups excluding carboxylic acids is 2. The molecule has 10 heteroatoms. The molecular weight excluding hydrogens is 774 g/mol. The van der Waals surface area contributed by atoms with Crippen LogP contribution in [0.1, 0.15) is 181 Å². The van der Waals surface area contributed by atoms with E-state index in [2.05, 4.69) is 80.7 Å². The van der Waals surface area contributed by atoms with Crippen molar-refractivity contribution in [2.45, 2.75) is 187 Å². The molecule has 0 spiro atoms. The fraction of sp³-hybridized carbons (Fsp3) is 0.720. The number of rotatable bonds is 42. The summed E-state index contributed by atoms with van der Waals surface area (Å²) in [6.45, 7) is 4.10. The van der Waals surface area contributed by atoms with Crippen molar-refractivity contribution in [3.05, 3.63) is 72.9 Å². The molecule has 1 unspecified atom stereocenters. The number of likely N-dealkylation sites (N-methyl/N-ethyl adjacent to an activating group) is 1. The highest BCUT2D eigenvalue weighted by Crippen LogP contribution is 2.38. The first-order chi connectivity index (χ1) is 29.0. The molecule has 0 aromatic rings. The average molecular weight is 862 g/mol. The monoisotopic (exact) mass is 862 g/mol. The van der Waals surface area contributed by atoms with E-state index in [1.54, 1.807) is 0 Å². The quantitative estimate of drug-likeness (QED) is 0.0196. The van der Waals surface area contributed by atoms with Gasteiger partial charge in [-0.2, -0.15) is 0 Å². The third-order valence-corrected chi connectivity index (χ3v) is 10.7. The topological polar surface area (TPSA) is 111 Å². The minimum atomic E-state index is -4.65. The van der Waals surface area contributed by atoms with Gasteiger partial charge < -0.3 is 27.9 Å². The Morgan fingerprint density at radius 1 is 0.517 bits per heavy atom. The molecular formula is C50H88NO8P. The normalized spacial score (nSPS) is 14.2. The minimum absolute atomic E-state index is 0.0449. The van der Waals surface area contributed by atoms with E-state index in [0.29, 0.717) is 30.3 Å². The van der Waals surface area contributed by atoms with E-state index in [-0.39, 0.29) is 26.1 Å². The van der Waals surface area contributed by atoms with Gasteiger partial charge in [-0.1, -0.05) is 157 Å². The van der Waals surface area contributed by atoms with E-state index in [9.17, 15) is 19.0 Å². The highest BCUT2D eigenvalue weighted by Gasteiger charge is 2.21. The second-order valence-electron chi connectivity index (χ2n) is 16.8. The Hall–Kier alpha value is -2.55. The largest absolute Gasteiger partial charge is 0.756 e. The molecule has 9 nitrogen and oxygen atoms in total. The summed E-state index contributed by atoms with van der Waals surface area (Å²) in [6.07, 6.45) is 52.2. The van der Waals surface area contributed by atoms with Gasteiger partial charge in [0.25, 0.3) is 7.82 Å². The smallest absolute Gasteiger partial charge is 0.306 e. The number of nitrogens with zero attached hydrogens (tertiary/aromatic N) is 1. The molecule has 0 aromatic heterocycles. The van der Waals surface area contributed by atoms with Crippen LogP contribution < -0.4 is 4.89 Å². The lowest BCUT2D eigenvalue weighted by Crippen LogP contribution is -2.37. The number of allylic oxidation sites excluding steroid dienone is 12. The van der Waals surface area contributed by atoms with Gasteiger partial charge in [-0.05, 0) is 83.5 Å². The van der Waals surface area contributed by atoms with Crippen molar-refractivity contribution in [1.29, 1.82) is 0 Å². The van der Waals surface area contributed by atoms with Crippen molar-refractivity contribution in [2.75, 3.05) is 47.5 Å². The summed E-state index contributed by atoms with van der Waals surface area (Å²) in [7, 11) is 1.12. The van der Waals surface area contributed by atoms with Gasteiger partial charge in [0, 0.05) is 12.8 Å². The van der Waals surface area contributed by atoms with Crippen molar-refractivity contribution in [1.82, 2.24) is 0 Å². The summed E-state index contributed by atoms with van der Waals surface area (Å²) < 4.78 is 33.9. The predicted octanol–water partition coefficient (Wildman–Crippen LogP) is 13.2. The number of ether oxygens (including phenoxy) is 2. The van der Waals surface area contributed by atoms with Crippen LogP contribution in [0.2, 0.25) is 0 Å². The molecule has 0 aliphatic heterocycles. The summed E-state index contributed by atoms with van der Waals surface area (Å²) in [4.78, 5) is 37.6. The van der Waals surface area contributed by atoms with Gasteiger partial charge in [0.05, 0.1) is 27.7 Å². The van der Waals surface area contributed by atoms with Crippen LogP contribution in [0.25, 0.3) is 0 Å². The first-order valence-electron chi connectivity index (χ1n) is 23.6. The van der Waals surface area contributed by atoms with Crippen LogP contribution in [0, 0.1) is 0 Å². The van der Waals surface area contributed by atoms with Gasteiger partial charge in [-0.25, -0.2) is 0 Å².